The lowest BCUT2D eigenvalue weighted by atomic mass is 10.00. The monoisotopic (exact) mass is 313 g/mol. The van der Waals surface area contributed by atoms with E-state index in [2.05, 4.69) is 37.9 Å². The first-order valence-corrected chi connectivity index (χ1v) is 8.39. The Morgan fingerprint density at radius 2 is 1.91 bits per heavy atom. The molecular weight excluding hydrogens is 282 g/mol. The number of rotatable bonds is 3. The molecule has 128 valence electrons. The number of carbonyl (C=O) groups excluding carboxylic acids is 1. The number of likely N-dealkylation sites (tertiary alicyclic amines) is 1. The molecule has 2 heterocycles. The molecule has 22 heavy (non-hydrogen) atoms. The van der Waals surface area contributed by atoms with Crippen LogP contribution in [0.2, 0.25) is 0 Å². The Morgan fingerprint density at radius 1 is 1.27 bits per heavy atom. The van der Waals surface area contributed by atoms with E-state index in [0.29, 0.717) is 13.1 Å². The zero-order valence-corrected chi connectivity index (χ0v) is 14.3. The number of morpholine rings is 1. The predicted molar refractivity (Wildman–Crippen MR) is 85.9 cm³/mol. The lowest BCUT2D eigenvalue weighted by molar-refractivity contribution is -0.0949. The maximum atomic E-state index is 12.3. The van der Waals surface area contributed by atoms with Crippen LogP contribution in [0.5, 0.6) is 0 Å². The highest BCUT2D eigenvalue weighted by Crippen LogP contribution is 2.21. The van der Waals surface area contributed by atoms with E-state index in [4.69, 9.17) is 4.74 Å². The third kappa shape index (κ3) is 4.57. The molecule has 2 saturated heterocycles. The molecule has 0 aliphatic carbocycles. The molecule has 0 bridgehead atoms. The van der Waals surface area contributed by atoms with Gasteiger partial charge < -0.3 is 20.1 Å². The Bertz CT molecular complexity index is 379. The second kappa shape index (κ2) is 7.15. The van der Waals surface area contributed by atoms with Crippen LogP contribution < -0.4 is 5.32 Å². The highest BCUT2D eigenvalue weighted by atomic mass is 16.5. The third-order valence-corrected chi connectivity index (χ3v) is 4.63. The average Bonchev–Trinajstić information content (AvgIpc) is 2.44. The van der Waals surface area contributed by atoms with Crippen molar-refractivity contribution in [3.05, 3.63) is 0 Å². The number of nitrogens with one attached hydrogen (secondary N) is 1. The molecule has 0 aromatic rings. The minimum absolute atomic E-state index is 0.0684. The molecule has 0 aromatic heterocycles. The van der Waals surface area contributed by atoms with Crippen molar-refractivity contribution in [3.8, 4) is 0 Å². The summed E-state index contributed by atoms with van der Waals surface area (Å²) < 4.78 is 5.78. The van der Waals surface area contributed by atoms with Crippen LogP contribution in [0, 0.1) is 0 Å². The summed E-state index contributed by atoms with van der Waals surface area (Å²) in [5.41, 5.74) is -0.115. The number of ether oxygens (including phenoxy) is 1. The summed E-state index contributed by atoms with van der Waals surface area (Å²) in [7, 11) is 0. The van der Waals surface area contributed by atoms with Gasteiger partial charge in [0.2, 0.25) is 0 Å². The van der Waals surface area contributed by atoms with E-state index < -0.39 is 0 Å². The molecular formula is C16H31N3O3. The van der Waals surface area contributed by atoms with E-state index in [1.54, 1.807) is 4.90 Å². The molecule has 2 rings (SSSR count). The van der Waals surface area contributed by atoms with E-state index >= 15 is 0 Å². The number of piperidine rings is 1. The van der Waals surface area contributed by atoms with Gasteiger partial charge in [0, 0.05) is 38.3 Å². The van der Waals surface area contributed by atoms with Gasteiger partial charge in [-0.05, 0) is 40.5 Å². The molecule has 0 radical (unpaired) electrons. The van der Waals surface area contributed by atoms with Gasteiger partial charge in [-0.15, -0.1) is 0 Å². The van der Waals surface area contributed by atoms with Crippen molar-refractivity contribution in [2.45, 2.75) is 64.4 Å². The normalized spacial score (nSPS) is 31.1. The predicted octanol–water partition coefficient (Wildman–Crippen LogP) is 1.04. The molecule has 6 heteroatoms. The van der Waals surface area contributed by atoms with Crippen molar-refractivity contribution in [1.29, 1.82) is 0 Å². The number of aliphatic hydroxyl groups is 1. The van der Waals surface area contributed by atoms with Gasteiger partial charge >= 0.3 is 6.03 Å². The van der Waals surface area contributed by atoms with Crippen molar-refractivity contribution in [1.82, 2.24) is 15.1 Å². The minimum atomic E-state index is -0.381. The Balaban J connectivity index is 1.84. The fourth-order valence-corrected chi connectivity index (χ4v) is 3.33. The maximum absolute atomic E-state index is 12.3. The summed E-state index contributed by atoms with van der Waals surface area (Å²) in [6.45, 7) is 12.0. The topological polar surface area (TPSA) is 65.0 Å². The van der Waals surface area contributed by atoms with Crippen molar-refractivity contribution >= 4 is 6.03 Å². The quantitative estimate of drug-likeness (QED) is 0.817. The van der Waals surface area contributed by atoms with Gasteiger partial charge in [-0.2, -0.15) is 0 Å². The zero-order valence-electron chi connectivity index (χ0n) is 14.3. The SMILES string of the molecule is C[C@@H]1CN(C(C)(C)CNC(=O)N2CCC[C@H](O)C2)C[C@H](C)O1. The minimum Gasteiger partial charge on any atom is -0.391 e. The Kier molecular flexibility index (Phi) is 5.69. The lowest BCUT2D eigenvalue weighted by Gasteiger charge is -2.45. The number of β-amino-alcohol motifs (C(OH)–C–C–N with tert-alkyl or cyclic N) is 1. The molecule has 2 N–H and O–H groups in total. The summed E-state index contributed by atoms with van der Waals surface area (Å²) in [5, 5.41) is 12.7. The van der Waals surface area contributed by atoms with Crippen molar-refractivity contribution in [3.63, 3.8) is 0 Å². The van der Waals surface area contributed by atoms with Gasteiger partial charge in [0.25, 0.3) is 0 Å². The second-order valence-electron chi connectivity index (χ2n) is 7.38. The average molecular weight is 313 g/mol. The molecule has 0 spiro atoms. The molecule has 6 nitrogen and oxygen atoms in total. The largest absolute Gasteiger partial charge is 0.391 e. The van der Waals surface area contributed by atoms with E-state index in [1.807, 2.05) is 0 Å². The molecule has 3 atom stereocenters. The summed E-state index contributed by atoms with van der Waals surface area (Å²) in [6, 6.07) is -0.0684. The molecule has 0 aromatic carbocycles. The van der Waals surface area contributed by atoms with Crippen LogP contribution >= 0.6 is 0 Å². The number of aliphatic hydroxyl groups excluding tert-OH is 1. The molecule has 2 amide bonds. The van der Waals surface area contributed by atoms with Gasteiger partial charge in [-0.1, -0.05) is 0 Å². The number of carbonyl (C=O) groups is 1. The van der Waals surface area contributed by atoms with E-state index in [-0.39, 0.29) is 29.9 Å². The first-order valence-electron chi connectivity index (χ1n) is 8.39. The molecule has 0 saturated carbocycles. The van der Waals surface area contributed by atoms with E-state index in [9.17, 15) is 9.90 Å². The fraction of sp³-hybridized carbons (Fsp3) is 0.938. The van der Waals surface area contributed by atoms with Crippen LogP contribution in [0.3, 0.4) is 0 Å². The van der Waals surface area contributed by atoms with Crippen molar-refractivity contribution < 1.29 is 14.6 Å². The van der Waals surface area contributed by atoms with Gasteiger partial charge in [-0.3, -0.25) is 4.90 Å². The van der Waals surface area contributed by atoms with Crippen LogP contribution in [0.4, 0.5) is 4.79 Å². The Hall–Kier alpha value is -0.850. The number of hydrogen-bond donors (Lipinski definition) is 2. The van der Waals surface area contributed by atoms with Crippen LogP contribution in [0.1, 0.15) is 40.5 Å². The Labute approximate surface area is 133 Å². The highest BCUT2D eigenvalue weighted by molar-refractivity contribution is 5.74. The van der Waals surface area contributed by atoms with E-state index in [1.165, 1.54) is 0 Å². The molecule has 0 unspecified atom stereocenters. The number of urea groups is 1. The van der Waals surface area contributed by atoms with Crippen molar-refractivity contribution in [2.75, 3.05) is 32.7 Å². The number of hydrogen-bond acceptors (Lipinski definition) is 4. The van der Waals surface area contributed by atoms with E-state index in [0.717, 1.165) is 32.5 Å². The summed E-state index contributed by atoms with van der Waals surface area (Å²) in [6.07, 6.45) is 1.72. The van der Waals surface area contributed by atoms with Gasteiger partial charge in [0.15, 0.2) is 0 Å². The molecule has 2 aliphatic heterocycles. The molecule has 2 aliphatic rings. The van der Waals surface area contributed by atoms with Gasteiger partial charge in [0.1, 0.15) is 0 Å². The summed E-state index contributed by atoms with van der Waals surface area (Å²) in [4.78, 5) is 16.4. The zero-order chi connectivity index (χ0) is 16.3. The third-order valence-electron chi connectivity index (χ3n) is 4.63. The van der Waals surface area contributed by atoms with Gasteiger partial charge in [-0.25, -0.2) is 4.79 Å². The van der Waals surface area contributed by atoms with Crippen molar-refractivity contribution in [2.24, 2.45) is 0 Å². The maximum Gasteiger partial charge on any atom is 0.317 e. The fourth-order valence-electron chi connectivity index (χ4n) is 3.33. The highest BCUT2D eigenvalue weighted by Gasteiger charge is 2.34. The number of nitrogens with zero attached hydrogens (tertiary/aromatic N) is 2. The summed E-state index contributed by atoms with van der Waals surface area (Å²) >= 11 is 0. The van der Waals surface area contributed by atoms with Crippen LogP contribution in [0.15, 0.2) is 0 Å². The second-order valence-corrected chi connectivity index (χ2v) is 7.38. The van der Waals surface area contributed by atoms with Crippen LogP contribution in [-0.2, 0) is 4.74 Å². The first-order chi connectivity index (χ1) is 10.3. The first kappa shape index (κ1) is 17.5. The Morgan fingerprint density at radius 3 is 2.50 bits per heavy atom. The standard InChI is InChI=1S/C16H31N3O3/c1-12-8-19(9-13(2)22-12)16(3,4)11-17-15(21)18-7-5-6-14(20)10-18/h12-14,20H,5-11H2,1-4H3,(H,17,21)/t12-,13+,14-/m0/s1. The van der Waals surface area contributed by atoms with Crippen LogP contribution in [-0.4, -0.2) is 77.5 Å². The molecule has 2 fully saturated rings. The van der Waals surface area contributed by atoms with Gasteiger partial charge in [0.05, 0.1) is 18.3 Å². The van der Waals surface area contributed by atoms with Crippen LogP contribution in [0.25, 0.3) is 0 Å². The lowest BCUT2D eigenvalue weighted by Crippen LogP contribution is -2.59. The smallest absolute Gasteiger partial charge is 0.317 e. The number of amides is 2. The summed E-state index contributed by atoms with van der Waals surface area (Å²) in [5.74, 6) is 0.